The third-order valence-electron chi connectivity index (χ3n) is 2.74. The van der Waals surface area contributed by atoms with Gasteiger partial charge >= 0.3 is 0 Å². The summed E-state index contributed by atoms with van der Waals surface area (Å²) in [6.45, 7) is 3.80. The van der Waals surface area contributed by atoms with Crippen LogP contribution in [0, 0.1) is 6.92 Å². The van der Waals surface area contributed by atoms with Crippen molar-refractivity contribution in [3.05, 3.63) is 17.7 Å². The summed E-state index contributed by atoms with van der Waals surface area (Å²) in [5, 5.41) is 16.0. The van der Waals surface area contributed by atoms with Gasteiger partial charge in [0.1, 0.15) is 0 Å². The molecule has 1 heterocycles. The van der Waals surface area contributed by atoms with Crippen LogP contribution in [-0.4, -0.2) is 34.5 Å². The van der Waals surface area contributed by atoms with Gasteiger partial charge in [-0.05, 0) is 18.6 Å². The van der Waals surface area contributed by atoms with Gasteiger partial charge in [0.15, 0.2) is 5.13 Å². The van der Waals surface area contributed by atoms with Gasteiger partial charge in [0.2, 0.25) is 5.91 Å². The number of alkyl halides is 1. The molecule has 2 rings (SSSR count). The van der Waals surface area contributed by atoms with Crippen LogP contribution in [-0.2, 0) is 4.79 Å². The fraction of sp³-hybridized carbons (Fsp3) is 0.385. The van der Waals surface area contributed by atoms with E-state index in [1.165, 1.54) is 18.3 Å². The number of rotatable bonds is 5. The highest BCUT2D eigenvalue weighted by molar-refractivity contribution is 7.23. The average Bonchev–Trinajstić information content (AvgIpc) is 2.78. The number of aryl methyl sites for hydroxylation is 1. The molecule has 0 spiro atoms. The highest BCUT2D eigenvalue weighted by atomic mass is 35.5. The van der Waals surface area contributed by atoms with E-state index in [1.54, 1.807) is 0 Å². The molecule has 1 atom stereocenters. The number of aromatic nitrogens is 1. The number of hydrogen-bond acceptors (Lipinski definition) is 5. The fourth-order valence-electron chi connectivity index (χ4n) is 1.79. The van der Waals surface area contributed by atoms with Crippen molar-refractivity contribution in [2.75, 3.05) is 23.1 Å². The molecule has 0 radical (unpaired) electrons. The van der Waals surface area contributed by atoms with E-state index in [2.05, 4.69) is 15.6 Å². The molecule has 0 aliphatic heterocycles. The van der Waals surface area contributed by atoms with Crippen LogP contribution < -0.4 is 10.6 Å². The van der Waals surface area contributed by atoms with Crippen LogP contribution >= 0.6 is 22.9 Å². The normalized spacial score (nSPS) is 12.4. The molecule has 1 aromatic carbocycles. The van der Waals surface area contributed by atoms with E-state index in [0.29, 0.717) is 11.7 Å². The molecule has 0 saturated carbocycles. The molecular weight excluding hydrogens is 298 g/mol. The number of nitrogens with one attached hydrogen (secondary N) is 2. The Morgan fingerprint density at radius 3 is 2.95 bits per heavy atom. The Morgan fingerprint density at radius 1 is 1.55 bits per heavy atom. The van der Waals surface area contributed by atoms with Crippen LogP contribution in [0.1, 0.15) is 12.5 Å². The predicted octanol–water partition coefficient (Wildman–Crippen LogP) is 2.57. The smallest absolute Gasteiger partial charge is 0.223 e. The Morgan fingerprint density at radius 2 is 2.30 bits per heavy atom. The summed E-state index contributed by atoms with van der Waals surface area (Å²) in [5.74, 6) is 0.0369. The molecule has 5 nitrogen and oxygen atoms in total. The van der Waals surface area contributed by atoms with Crippen molar-refractivity contribution in [3.63, 3.8) is 0 Å². The maximum atomic E-state index is 11.1. The number of aliphatic hydroxyl groups is 1. The molecule has 0 aliphatic carbocycles. The number of aliphatic hydroxyl groups excluding tert-OH is 1. The lowest BCUT2D eigenvalue weighted by Crippen LogP contribution is -2.21. The van der Waals surface area contributed by atoms with Gasteiger partial charge in [0.05, 0.1) is 27.9 Å². The van der Waals surface area contributed by atoms with Crippen LogP contribution in [0.15, 0.2) is 12.1 Å². The standard InChI is InChI=1S/C13H16ClN3O2S/c1-7-3-4-10-12(11(7)15-6-9(19)5-14)20-13(17-10)16-8(2)18/h3-4,9,15,19H,5-6H2,1-2H3,(H,16,17,18). The number of hydrogen-bond donors (Lipinski definition) is 3. The Balaban J connectivity index is 2.33. The quantitative estimate of drug-likeness (QED) is 0.742. The van der Waals surface area contributed by atoms with Gasteiger partial charge in [-0.25, -0.2) is 4.98 Å². The van der Waals surface area contributed by atoms with Crippen molar-refractivity contribution in [2.45, 2.75) is 20.0 Å². The predicted molar refractivity (Wildman–Crippen MR) is 83.9 cm³/mol. The van der Waals surface area contributed by atoms with E-state index in [-0.39, 0.29) is 11.8 Å². The van der Waals surface area contributed by atoms with Crippen LogP contribution in [0.5, 0.6) is 0 Å². The fourth-order valence-corrected chi connectivity index (χ4v) is 2.98. The minimum atomic E-state index is -0.603. The van der Waals surface area contributed by atoms with Crippen molar-refractivity contribution in [2.24, 2.45) is 0 Å². The first kappa shape index (κ1) is 15.0. The maximum absolute atomic E-state index is 11.1. The number of carbonyl (C=O) groups excluding carboxylic acids is 1. The van der Waals surface area contributed by atoms with E-state index < -0.39 is 6.10 Å². The van der Waals surface area contributed by atoms with Crippen molar-refractivity contribution in [1.82, 2.24) is 4.98 Å². The van der Waals surface area contributed by atoms with Crippen molar-refractivity contribution in [1.29, 1.82) is 0 Å². The number of amides is 1. The highest BCUT2D eigenvalue weighted by Gasteiger charge is 2.12. The van der Waals surface area contributed by atoms with Crippen molar-refractivity contribution < 1.29 is 9.90 Å². The molecule has 3 N–H and O–H groups in total. The Kier molecular flexibility index (Phi) is 4.80. The molecular formula is C13H16ClN3O2S. The van der Waals surface area contributed by atoms with E-state index in [0.717, 1.165) is 21.5 Å². The summed E-state index contributed by atoms with van der Waals surface area (Å²) in [4.78, 5) is 15.4. The van der Waals surface area contributed by atoms with E-state index in [4.69, 9.17) is 11.6 Å². The second-order valence-electron chi connectivity index (χ2n) is 4.49. The van der Waals surface area contributed by atoms with Crippen LogP contribution in [0.25, 0.3) is 10.2 Å². The van der Waals surface area contributed by atoms with E-state index in [9.17, 15) is 9.90 Å². The minimum absolute atomic E-state index is 0.146. The first-order valence-corrected chi connectivity index (χ1v) is 7.52. The van der Waals surface area contributed by atoms with Crippen LogP contribution in [0.4, 0.5) is 10.8 Å². The lowest BCUT2D eigenvalue weighted by Gasteiger charge is -2.12. The molecule has 1 amide bonds. The maximum Gasteiger partial charge on any atom is 0.223 e. The van der Waals surface area contributed by atoms with Gasteiger partial charge in [-0.2, -0.15) is 0 Å². The largest absolute Gasteiger partial charge is 0.390 e. The number of benzene rings is 1. The first-order valence-electron chi connectivity index (χ1n) is 6.17. The zero-order valence-corrected chi connectivity index (χ0v) is 12.8. The molecule has 7 heteroatoms. The Labute approximate surface area is 126 Å². The van der Waals surface area contributed by atoms with Crippen molar-refractivity contribution >= 4 is 49.9 Å². The molecule has 0 bridgehead atoms. The second kappa shape index (κ2) is 6.39. The zero-order chi connectivity index (χ0) is 14.7. The van der Waals surface area contributed by atoms with Gasteiger partial charge in [0.25, 0.3) is 0 Å². The second-order valence-corrected chi connectivity index (χ2v) is 5.80. The Bertz CT molecular complexity index is 629. The third-order valence-corrected chi connectivity index (χ3v) is 4.10. The first-order chi connectivity index (χ1) is 9.51. The third kappa shape index (κ3) is 3.39. The number of halogens is 1. The number of anilines is 2. The number of fused-ring (bicyclic) bond motifs is 1. The highest BCUT2D eigenvalue weighted by Crippen LogP contribution is 2.34. The van der Waals surface area contributed by atoms with E-state index >= 15 is 0 Å². The number of carbonyl (C=O) groups is 1. The van der Waals surface area contributed by atoms with Gasteiger partial charge in [0, 0.05) is 13.5 Å². The monoisotopic (exact) mass is 313 g/mol. The molecule has 2 aromatic rings. The molecule has 0 saturated heterocycles. The summed E-state index contributed by atoms with van der Waals surface area (Å²) in [6, 6.07) is 3.87. The lowest BCUT2D eigenvalue weighted by molar-refractivity contribution is -0.114. The zero-order valence-electron chi connectivity index (χ0n) is 11.2. The number of thiazole rings is 1. The summed E-state index contributed by atoms with van der Waals surface area (Å²) in [7, 11) is 0. The lowest BCUT2D eigenvalue weighted by atomic mass is 10.2. The molecule has 1 aromatic heterocycles. The molecule has 20 heavy (non-hydrogen) atoms. The summed E-state index contributed by atoms with van der Waals surface area (Å²) in [6.07, 6.45) is -0.603. The van der Waals surface area contributed by atoms with Gasteiger partial charge in [-0.1, -0.05) is 17.4 Å². The average molecular weight is 314 g/mol. The van der Waals surface area contributed by atoms with Crippen molar-refractivity contribution in [3.8, 4) is 0 Å². The number of nitrogens with zero attached hydrogens (tertiary/aromatic N) is 1. The van der Waals surface area contributed by atoms with Gasteiger partial charge in [-0.15, -0.1) is 11.6 Å². The van der Waals surface area contributed by atoms with Gasteiger partial charge in [-0.3, -0.25) is 4.79 Å². The van der Waals surface area contributed by atoms with E-state index in [1.807, 2.05) is 19.1 Å². The molecule has 0 fully saturated rings. The summed E-state index contributed by atoms with van der Waals surface area (Å²) >= 11 is 7.00. The summed E-state index contributed by atoms with van der Waals surface area (Å²) < 4.78 is 0.954. The van der Waals surface area contributed by atoms with Crippen LogP contribution in [0.3, 0.4) is 0 Å². The Hall–Kier alpha value is -1.37. The SMILES string of the molecule is CC(=O)Nc1nc2ccc(C)c(NCC(O)CCl)c2s1. The summed E-state index contributed by atoms with van der Waals surface area (Å²) in [5.41, 5.74) is 2.78. The molecule has 1 unspecified atom stereocenters. The van der Waals surface area contributed by atoms with Crippen LogP contribution in [0.2, 0.25) is 0 Å². The molecule has 0 aliphatic rings. The minimum Gasteiger partial charge on any atom is -0.390 e. The molecule has 108 valence electrons. The van der Waals surface area contributed by atoms with Gasteiger partial charge < -0.3 is 15.7 Å². The topological polar surface area (TPSA) is 74.2 Å².